The number of hydrogen-bond donors (Lipinski definition) is 1. The number of hydrogen-bond acceptors (Lipinski definition) is 2. The Morgan fingerprint density at radius 2 is 2.00 bits per heavy atom. The van der Waals surface area contributed by atoms with Gasteiger partial charge in [-0.3, -0.25) is 4.90 Å². The summed E-state index contributed by atoms with van der Waals surface area (Å²) in [4.78, 5) is 2.47. The Bertz CT molecular complexity index is 442. The first-order valence-electron chi connectivity index (χ1n) is 7.15. The van der Waals surface area contributed by atoms with E-state index in [0.717, 1.165) is 31.7 Å². The van der Waals surface area contributed by atoms with Crippen LogP contribution in [-0.4, -0.2) is 31.1 Å². The molecule has 3 rings (SSSR count). The zero-order valence-corrected chi connectivity index (χ0v) is 11.8. The molecule has 19 heavy (non-hydrogen) atoms. The van der Waals surface area contributed by atoms with Gasteiger partial charge >= 0.3 is 0 Å². The molecule has 1 heterocycles. The molecular weight excluding hydrogens is 263 g/mol. The lowest BCUT2D eigenvalue weighted by atomic mass is 9.76. The molecule has 0 aromatic heterocycles. The Kier molecular flexibility index (Phi) is 4.06. The highest BCUT2D eigenvalue weighted by Crippen LogP contribution is 2.43. The molecule has 1 atom stereocenters. The van der Waals surface area contributed by atoms with E-state index in [1.165, 1.54) is 25.3 Å². The number of rotatable bonds is 3. The maximum absolute atomic E-state index is 13.6. The van der Waals surface area contributed by atoms with Crippen molar-refractivity contribution in [2.75, 3.05) is 26.2 Å². The van der Waals surface area contributed by atoms with Crippen LogP contribution in [0.5, 0.6) is 0 Å². The van der Waals surface area contributed by atoms with E-state index < -0.39 is 0 Å². The van der Waals surface area contributed by atoms with Gasteiger partial charge in [0.05, 0.1) is 0 Å². The van der Waals surface area contributed by atoms with Crippen LogP contribution in [0.15, 0.2) is 18.2 Å². The summed E-state index contributed by atoms with van der Waals surface area (Å²) in [6.45, 7) is 4.06. The quantitative estimate of drug-likeness (QED) is 0.916. The number of nitrogens with one attached hydrogen (secondary N) is 1. The second-order valence-corrected chi connectivity index (χ2v) is 5.99. The van der Waals surface area contributed by atoms with E-state index in [4.69, 9.17) is 11.6 Å². The molecule has 0 unspecified atom stereocenters. The molecule has 4 heteroatoms. The Morgan fingerprint density at radius 3 is 2.63 bits per heavy atom. The summed E-state index contributed by atoms with van der Waals surface area (Å²) >= 11 is 6.33. The second kappa shape index (κ2) is 5.78. The van der Waals surface area contributed by atoms with Crippen LogP contribution in [0.25, 0.3) is 0 Å². The number of piperazine rings is 1. The maximum Gasteiger partial charge on any atom is 0.123 e. The van der Waals surface area contributed by atoms with Crippen LogP contribution in [0, 0.1) is 11.7 Å². The SMILES string of the molecule is Fc1ccc(Cl)c([C@@H](C2CCC2)N2CCNCC2)c1. The third kappa shape index (κ3) is 2.78. The minimum absolute atomic E-state index is 0.182. The Hall–Kier alpha value is -0.640. The summed E-state index contributed by atoms with van der Waals surface area (Å²) < 4.78 is 13.6. The zero-order chi connectivity index (χ0) is 13.2. The summed E-state index contributed by atoms with van der Waals surface area (Å²) in [5.74, 6) is 0.455. The van der Waals surface area contributed by atoms with Gasteiger partial charge in [0.25, 0.3) is 0 Å². The molecule has 1 saturated heterocycles. The zero-order valence-electron chi connectivity index (χ0n) is 11.0. The van der Waals surface area contributed by atoms with E-state index in [-0.39, 0.29) is 5.82 Å². The van der Waals surface area contributed by atoms with E-state index in [1.54, 1.807) is 12.1 Å². The average molecular weight is 283 g/mol. The van der Waals surface area contributed by atoms with Crippen LogP contribution in [0.3, 0.4) is 0 Å². The highest BCUT2D eigenvalue weighted by molar-refractivity contribution is 6.31. The van der Waals surface area contributed by atoms with Gasteiger partial charge in [-0.1, -0.05) is 18.0 Å². The molecule has 0 amide bonds. The van der Waals surface area contributed by atoms with Crippen molar-refractivity contribution in [1.82, 2.24) is 10.2 Å². The van der Waals surface area contributed by atoms with Gasteiger partial charge in [-0.2, -0.15) is 0 Å². The van der Waals surface area contributed by atoms with Crippen molar-refractivity contribution in [3.05, 3.63) is 34.6 Å². The molecule has 2 fully saturated rings. The van der Waals surface area contributed by atoms with Crippen LogP contribution < -0.4 is 5.32 Å². The third-order valence-corrected chi connectivity index (χ3v) is 4.76. The molecule has 0 bridgehead atoms. The molecule has 2 aliphatic rings. The smallest absolute Gasteiger partial charge is 0.123 e. The molecule has 0 radical (unpaired) electrons. The first kappa shape index (κ1) is 13.3. The van der Waals surface area contributed by atoms with Gasteiger partial charge in [0, 0.05) is 37.2 Å². The van der Waals surface area contributed by atoms with Gasteiger partial charge in [-0.15, -0.1) is 0 Å². The molecule has 2 nitrogen and oxygen atoms in total. The highest BCUT2D eigenvalue weighted by Gasteiger charge is 2.34. The Labute approximate surface area is 118 Å². The monoisotopic (exact) mass is 282 g/mol. The lowest BCUT2D eigenvalue weighted by molar-refractivity contribution is 0.0836. The van der Waals surface area contributed by atoms with E-state index in [2.05, 4.69) is 10.2 Å². The highest BCUT2D eigenvalue weighted by atomic mass is 35.5. The van der Waals surface area contributed by atoms with Gasteiger partial charge in [0.2, 0.25) is 0 Å². The molecule has 0 spiro atoms. The van der Waals surface area contributed by atoms with Crippen molar-refractivity contribution >= 4 is 11.6 Å². The second-order valence-electron chi connectivity index (χ2n) is 5.59. The van der Waals surface area contributed by atoms with Gasteiger partial charge in [0.15, 0.2) is 0 Å². The molecular formula is C15H20ClFN2. The van der Waals surface area contributed by atoms with E-state index >= 15 is 0 Å². The van der Waals surface area contributed by atoms with E-state index in [9.17, 15) is 4.39 Å². The van der Waals surface area contributed by atoms with Gasteiger partial charge < -0.3 is 5.32 Å². The fourth-order valence-corrected chi connectivity index (χ4v) is 3.44. The molecule has 104 valence electrons. The van der Waals surface area contributed by atoms with Crippen molar-refractivity contribution in [3.63, 3.8) is 0 Å². The molecule has 1 N–H and O–H groups in total. The molecule has 1 saturated carbocycles. The van der Waals surface area contributed by atoms with Crippen LogP contribution in [0.2, 0.25) is 5.02 Å². The minimum Gasteiger partial charge on any atom is -0.314 e. The van der Waals surface area contributed by atoms with Crippen molar-refractivity contribution in [3.8, 4) is 0 Å². The number of halogens is 2. The topological polar surface area (TPSA) is 15.3 Å². The van der Waals surface area contributed by atoms with Gasteiger partial charge in [-0.25, -0.2) is 4.39 Å². The van der Waals surface area contributed by atoms with Crippen LogP contribution in [0.4, 0.5) is 4.39 Å². The van der Waals surface area contributed by atoms with Crippen LogP contribution in [0.1, 0.15) is 30.9 Å². The molecule has 1 aliphatic carbocycles. The molecule has 1 aliphatic heterocycles. The van der Waals surface area contributed by atoms with Crippen LogP contribution >= 0.6 is 11.6 Å². The van der Waals surface area contributed by atoms with Crippen LogP contribution in [-0.2, 0) is 0 Å². The predicted molar refractivity (Wildman–Crippen MR) is 75.9 cm³/mol. The minimum atomic E-state index is -0.182. The summed E-state index contributed by atoms with van der Waals surface area (Å²) in [5, 5.41) is 4.08. The van der Waals surface area contributed by atoms with Crippen molar-refractivity contribution < 1.29 is 4.39 Å². The largest absolute Gasteiger partial charge is 0.314 e. The molecule has 1 aromatic rings. The lowest BCUT2D eigenvalue weighted by Crippen LogP contribution is -2.47. The number of benzene rings is 1. The third-order valence-electron chi connectivity index (χ3n) is 4.42. The predicted octanol–water partition coefficient (Wildman–Crippen LogP) is 3.23. The van der Waals surface area contributed by atoms with Crippen molar-refractivity contribution in [1.29, 1.82) is 0 Å². The summed E-state index contributed by atoms with van der Waals surface area (Å²) in [5.41, 5.74) is 0.980. The van der Waals surface area contributed by atoms with Crippen molar-refractivity contribution in [2.45, 2.75) is 25.3 Å². The number of nitrogens with zero attached hydrogens (tertiary/aromatic N) is 1. The normalized spacial score (nSPS) is 23.1. The maximum atomic E-state index is 13.6. The summed E-state index contributed by atoms with van der Waals surface area (Å²) in [6, 6.07) is 5.06. The van der Waals surface area contributed by atoms with Gasteiger partial charge in [-0.05, 0) is 42.5 Å². The lowest BCUT2D eigenvalue weighted by Gasteiger charge is -2.43. The van der Waals surface area contributed by atoms with E-state index in [1.807, 2.05) is 0 Å². The first-order valence-corrected chi connectivity index (χ1v) is 7.53. The summed E-state index contributed by atoms with van der Waals surface area (Å²) in [7, 11) is 0. The fraction of sp³-hybridized carbons (Fsp3) is 0.600. The summed E-state index contributed by atoms with van der Waals surface area (Å²) in [6.07, 6.45) is 3.77. The average Bonchev–Trinajstić information content (AvgIpc) is 2.38. The Morgan fingerprint density at radius 1 is 1.26 bits per heavy atom. The standard InChI is InChI=1S/C15H20ClFN2/c16-14-5-4-12(17)10-13(14)15(11-2-1-3-11)19-8-6-18-7-9-19/h4-5,10-11,15,18H,1-3,6-9H2/t15-/m1/s1. The molecule has 1 aromatic carbocycles. The fourth-order valence-electron chi connectivity index (χ4n) is 3.21. The first-order chi connectivity index (χ1) is 9.25. The van der Waals surface area contributed by atoms with Crippen molar-refractivity contribution in [2.24, 2.45) is 5.92 Å². The van der Waals surface area contributed by atoms with Gasteiger partial charge in [0.1, 0.15) is 5.82 Å². The Balaban J connectivity index is 1.90. The van der Waals surface area contributed by atoms with E-state index in [0.29, 0.717) is 17.0 Å².